The van der Waals surface area contributed by atoms with Gasteiger partial charge in [0.1, 0.15) is 51.8 Å². The van der Waals surface area contributed by atoms with Crippen LogP contribution in [0.15, 0.2) is 30.9 Å². The maximum absolute atomic E-state index is 12.5. The topological polar surface area (TPSA) is 145 Å². The molecule has 0 atom stereocenters. The van der Waals surface area contributed by atoms with Crippen LogP contribution in [0.25, 0.3) is 33.3 Å². The van der Waals surface area contributed by atoms with Gasteiger partial charge in [0, 0.05) is 17.0 Å². The number of hydrogen-bond acceptors (Lipinski definition) is 9. The Morgan fingerprint density at radius 3 is 2.04 bits per heavy atom. The number of H-pyrrole nitrogens is 2. The van der Waals surface area contributed by atoms with Crippen molar-refractivity contribution in [2.75, 3.05) is 19.8 Å². The van der Waals surface area contributed by atoms with E-state index in [2.05, 4.69) is 55.9 Å². The van der Waals surface area contributed by atoms with Crippen molar-refractivity contribution in [3.63, 3.8) is 0 Å². The third-order valence-corrected chi connectivity index (χ3v) is 7.84. The molecule has 0 aliphatic heterocycles. The highest BCUT2D eigenvalue weighted by atomic mass is 35.5. The fraction of sp³-hybridized carbons (Fsp3) is 0.394. The lowest BCUT2D eigenvalue weighted by Crippen LogP contribution is -2.06. The van der Waals surface area contributed by atoms with Crippen molar-refractivity contribution in [1.82, 2.24) is 29.9 Å². The predicted octanol–water partition coefficient (Wildman–Crippen LogP) is 7.12. The Morgan fingerprint density at radius 2 is 1.47 bits per heavy atom. The molecule has 236 valence electrons. The van der Waals surface area contributed by atoms with E-state index in [1.807, 2.05) is 13.0 Å². The second-order valence-electron chi connectivity index (χ2n) is 11.2. The molecule has 11 nitrogen and oxygen atoms in total. The quantitative estimate of drug-likeness (QED) is 0.128. The minimum atomic E-state index is -0.402. The molecule has 5 aromatic rings. The number of carbonyl (C=O) groups excluding carboxylic acids is 2. The molecule has 0 unspecified atom stereocenters. The lowest BCUT2D eigenvalue weighted by atomic mass is 9.98. The van der Waals surface area contributed by atoms with E-state index >= 15 is 0 Å². The van der Waals surface area contributed by atoms with Crippen LogP contribution in [0.3, 0.4) is 0 Å². The van der Waals surface area contributed by atoms with Crippen LogP contribution >= 0.6 is 11.6 Å². The van der Waals surface area contributed by atoms with Gasteiger partial charge in [0.15, 0.2) is 5.15 Å². The molecule has 2 N–H and O–H groups in total. The van der Waals surface area contributed by atoms with Crippen molar-refractivity contribution in [2.24, 2.45) is 5.92 Å². The van der Waals surface area contributed by atoms with Crippen LogP contribution in [0.1, 0.15) is 84.1 Å². The summed E-state index contributed by atoms with van der Waals surface area (Å²) < 4.78 is 16.3. The first-order valence-corrected chi connectivity index (χ1v) is 15.5. The standard InChI is InChI=1S/C23H27N3O3.C10H10ClN3O2/c1-5-28-23(27)19-14(4)26-22-20(24-12-25-21(19)22)17-10-16(13(2)3)8-9-18(17)29-11-15-6-7-15;1-3-16-10(15)6-5(2)14-8-7(6)12-4-13-9(8)11/h8-10,12-13,15,26H,5-7,11H2,1-4H3;4,14H,3H2,1-2H3. The summed E-state index contributed by atoms with van der Waals surface area (Å²) in [6.07, 6.45) is 5.28. The largest absolute Gasteiger partial charge is 0.493 e. The number of rotatable bonds is 9. The lowest BCUT2D eigenvalue weighted by Gasteiger charge is -2.15. The van der Waals surface area contributed by atoms with E-state index in [-0.39, 0.29) is 5.97 Å². The number of aromatic amines is 2. The number of ether oxygens (including phenoxy) is 3. The zero-order valence-electron chi connectivity index (χ0n) is 26.3. The van der Waals surface area contributed by atoms with E-state index < -0.39 is 5.97 Å². The van der Waals surface area contributed by atoms with Gasteiger partial charge in [-0.2, -0.15) is 0 Å². The fourth-order valence-corrected chi connectivity index (χ4v) is 5.21. The van der Waals surface area contributed by atoms with Crippen molar-refractivity contribution in [3.05, 3.63) is 64.1 Å². The van der Waals surface area contributed by atoms with Gasteiger partial charge in [-0.3, -0.25) is 0 Å². The molecular weight excluding hydrogens is 596 g/mol. The lowest BCUT2D eigenvalue weighted by molar-refractivity contribution is 0.0517. The minimum absolute atomic E-state index is 0.295. The summed E-state index contributed by atoms with van der Waals surface area (Å²) in [5, 5.41) is 0.295. The first-order chi connectivity index (χ1) is 21.6. The van der Waals surface area contributed by atoms with E-state index in [1.54, 1.807) is 20.8 Å². The minimum Gasteiger partial charge on any atom is -0.493 e. The fourth-order valence-electron chi connectivity index (χ4n) is 5.03. The molecule has 1 fully saturated rings. The summed E-state index contributed by atoms with van der Waals surface area (Å²) in [7, 11) is 0. The first kappa shape index (κ1) is 31.9. The van der Waals surface area contributed by atoms with Gasteiger partial charge in [0.05, 0.1) is 25.3 Å². The molecule has 45 heavy (non-hydrogen) atoms. The zero-order valence-corrected chi connectivity index (χ0v) is 27.0. The second-order valence-corrected chi connectivity index (χ2v) is 11.5. The summed E-state index contributed by atoms with van der Waals surface area (Å²) in [4.78, 5) is 47.3. The molecule has 0 amide bonds. The van der Waals surface area contributed by atoms with Crippen molar-refractivity contribution >= 4 is 45.6 Å². The van der Waals surface area contributed by atoms with E-state index in [0.29, 0.717) is 63.6 Å². The molecule has 1 aliphatic rings. The Kier molecular flexibility index (Phi) is 9.67. The van der Waals surface area contributed by atoms with Gasteiger partial charge >= 0.3 is 11.9 Å². The summed E-state index contributed by atoms with van der Waals surface area (Å²) >= 11 is 5.89. The molecule has 12 heteroatoms. The predicted molar refractivity (Wildman–Crippen MR) is 172 cm³/mol. The van der Waals surface area contributed by atoms with E-state index in [0.717, 1.165) is 34.8 Å². The smallest absolute Gasteiger partial charge is 0.342 e. The van der Waals surface area contributed by atoms with E-state index in [9.17, 15) is 9.59 Å². The number of benzene rings is 1. The van der Waals surface area contributed by atoms with Gasteiger partial charge in [0.25, 0.3) is 0 Å². The maximum atomic E-state index is 12.5. The number of halogens is 1. The van der Waals surface area contributed by atoms with Crippen LogP contribution in [-0.4, -0.2) is 61.7 Å². The van der Waals surface area contributed by atoms with Gasteiger partial charge in [0.2, 0.25) is 0 Å². The van der Waals surface area contributed by atoms with Crippen LogP contribution in [-0.2, 0) is 9.47 Å². The molecule has 4 aromatic heterocycles. The Balaban J connectivity index is 0.000000211. The molecule has 1 aromatic carbocycles. The van der Waals surface area contributed by atoms with Gasteiger partial charge in [-0.15, -0.1) is 0 Å². The molecule has 0 spiro atoms. The van der Waals surface area contributed by atoms with E-state index in [1.165, 1.54) is 31.1 Å². The Bertz CT molecular complexity index is 1860. The maximum Gasteiger partial charge on any atom is 0.342 e. The number of fused-ring (bicyclic) bond motifs is 2. The van der Waals surface area contributed by atoms with Crippen LogP contribution in [0.4, 0.5) is 0 Å². The number of hydrogen-bond donors (Lipinski definition) is 2. The molecule has 1 aliphatic carbocycles. The van der Waals surface area contributed by atoms with Crippen LogP contribution in [0.5, 0.6) is 5.75 Å². The number of esters is 2. The second kappa shape index (κ2) is 13.6. The Hall–Kier alpha value is -4.51. The Labute approximate surface area is 266 Å². The van der Waals surface area contributed by atoms with Gasteiger partial charge in [-0.1, -0.05) is 31.5 Å². The van der Waals surface area contributed by atoms with Gasteiger partial charge in [-0.05, 0) is 70.1 Å². The molecule has 4 heterocycles. The van der Waals surface area contributed by atoms with Crippen molar-refractivity contribution < 1.29 is 23.8 Å². The van der Waals surface area contributed by atoms with Crippen molar-refractivity contribution in [1.29, 1.82) is 0 Å². The third kappa shape index (κ3) is 6.78. The average Bonchev–Trinajstić information content (AvgIpc) is 3.68. The SMILES string of the molecule is CCOC(=O)c1c(C)[nH]c2c(-c3cc(C(C)C)ccc3OCC3CC3)ncnc12.CCOC(=O)c1c(C)[nH]c2c(Cl)ncnc12. The Morgan fingerprint density at radius 1 is 0.889 bits per heavy atom. The monoisotopic (exact) mass is 632 g/mol. The van der Waals surface area contributed by atoms with E-state index in [4.69, 9.17) is 25.8 Å². The molecule has 0 radical (unpaired) electrons. The van der Waals surface area contributed by atoms with Crippen molar-refractivity contribution in [2.45, 2.75) is 60.3 Å². The summed E-state index contributed by atoms with van der Waals surface area (Å²) in [6, 6.07) is 6.27. The highest BCUT2D eigenvalue weighted by Gasteiger charge is 2.25. The van der Waals surface area contributed by atoms with Crippen LogP contribution < -0.4 is 4.74 Å². The zero-order chi connectivity index (χ0) is 32.2. The highest BCUT2D eigenvalue weighted by Crippen LogP contribution is 2.38. The molecule has 6 rings (SSSR count). The molecule has 0 bridgehead atoms. The highest BCUT2D eigenvalue weighted by molar-refractivity contribution is 6.34. The van der Waals surface area contributed by atoms with Gasteiger partial charge in [-0.25, -0.2) is 29.5 Å². The number of nitrogens with zero attached hydrogens (tertiary/aromatic N) is 4. The average molecular weight is 633 g/mol. The molecular formula is C33H37ClN6O5. The normalized spacial score (nSPS) is 12.7. The number of nitrogens with one attached hydrogen (secondary N) is 2. The summed E-state index contributed by atoms with van der Waals surface area (Å²) in [6.45, 7) is 12.9. The number of carbonyl (C=O) groups is 2. The summed E-state index contributed by atoms with van der Waals surface area (Å²) in [5.41, 5.74) is 7.51. The third-order valence-electron chi connectivity index (χ3n) is 7.55. The first-order valence-electron chi connectivity index (χ1n) is 15.1. The van der Waals surface area contributed by atoms with Gasteiger partial charge < -0.3 is 24.2 Å². The van der Waals surface area contributed by atoms with Crippen LogP contribution in [0.2, 0.25) is 5.15 Å². The van der Waals surface area contributed by atoms with Crippen molar-refractivity contribution in [3.8, 4) is 17.0 Å². The number of aryl methyl sites for hydroxylation is 2. The number of aromatic nitrogens is 6. The summed E-state index contributed by atoms with van der Waals surface area (Å²) in [5.74, 6) is 1.07. The molecule has 1 saturated carbocycles. The van der Waals surface area contributed by atoms with Crippen LogP contribution in [0, 0.1) is 19.8 Å². The molecule has 0 saturated heterocycles.